The first-order chi connectivity index (χ1) is 11.6. The molecular weight excluding hydrogens is 410 g/mol. The normalized spacial score (nSPS) is 11.2. The summed E-state index contributed by atoms with van der Waals surface area (Å²) in [4.78, 5) is 12.0. The third kappa shape index (κ3) is 5.28. The lowest BCUT2D eigenvalue weighted by Gasteiger charge is -2.20. The number of hydrogen-bond donors (Lipinski definition) is 3. The molecule has 0 saturated heterocycles. The number of halogens is 2. The number of carbonyl (C=O) groups is 1. The van der Waals surface area contributed by atoms with Crippen LogP contribution in [0, 0.1) is 0 Å². The molecule has 2 rings (SSSR count). The minimum absolute atomic E-state index is 0.00744. The number of rotatable bonds is 4. The van der Waals surface area contributed by atoms with Crippen molar-refractivity contribution in [3.05, 3.63) is 51.0 Å². The average molecular weight is 429 g/mol. The zero-order valence-corrected chi connectivity index (χ0v) is 16.4. The zero-order valence-electron chi connectivity index (χ0n) is 14.1. The number of esters is 1. The molecule has 0 saturated carbocycles. The summed E-state index contributed by atoms with van der Waals surface area (Å²) in [6.45, 7) is 5.56. The van der Waals surface area contributed by atoms with Crippen LogP contribution in [-0.4, -0.2) is 21.8 Å². The van der Waals surface area contributed by atoms with Crippen LogP contribution in [0.1, 0.15) is 36.7 Å². The maximum absolute atomic E-state index is 12.0. The minimum atomic E-state index is -0.641. The van der Waals surface area contributed by atoms with Gasteiger partial charge in [0.1, 0.15) is 22.7 Å². The monoisotopic (exact) mass is 427 g/mol. The minimum Gasteiger partial charge on any atom is -0.507 e. The molecule has 2 aromatic carbocycles. The van der Waals surface area contributed by atoms with Gasteiger partial charge in [-0.05, 0) is 45.0 Å². The Morgan fingerprint density at radius 3 is 2.52 bits per heavy atom. The molecule has 2 aromatic rings. The van der Waals surface area contributed by atoms with Crippen molar-refractivity contribution in [3.8, 4) is 11.5 Å². The molecule has 5 nitrogen and oxygen atoms in total. The van der Waals surface area contributed by atoms with Crippen molar-refractivity contribution in [3.63, 3.8) is 0 Å². The van der Waals surface area contributed by atoms with Crippen LogP contribution in [0.2, 0.25) is 5.02 Å². The quantitative estimate of drug-likeness (QED) is 0.592. The fraction of sp³-hybridized carbons (Fsp3) is 0.278. The van der Waals surface area contributed by atoms with Gasteiger partial charge in [-0.15, -0.1) is 0 Å². The Kier molecular flexibility index (Phi) is 5.85. The van der Waals surface area contributed by atoms with Crippen LogP contribution in [0.4, 0.5) is 5.69 Å². The Balaban J connectivity index is 2.13. The maximum atomic E-state index is 12.0. The summed E-state index contributed by atoms with van der Waals surface area (Å²) in [5.41, 5.74) is 0.627. The highest BCUT2D eigenvalue weighted by Crippen LogP contribution is 2.32. The van der Waals surface area contributed by atoms with Crippen LogP contribution in [0.5, 0.6) is 11.5 Å². The number of phenols is 2. The standard InChI is InChI=1S/C18H19BrClNO4/c1-18(2,3)25-17(24)13-5-4-12(8-15(13)22)21-9-10-6-11(19)7-14(20)16(10)23/h4-8,21-23H,9H2,1-3H3. The van der Waals surface area contributed by atoms with E-state index in [1.807, 2.05) is 0 Å². The Labute approximate surface area is 159 Å². The fourth-order valence-corrected chi connectivity index (χ4v) is 2.97. The van der Waals surface area contributed by atoms with Gasteiger partial charge in [0.15, 0.2) is 0 Å². The molecule has 0 aliphatic carbocycles. The Hall–Kier alpha value is -1.92. The molecule has 0 spiro atoms. The Morgan fingerprint density at radius 1 is 1.24 bits per heavy atom. The predicted octanol–water partition coefficient (Wildman–Crippen LogP) is 5.08. The van der Waals surface area contributed by atoms with E-state index in [1.54, 1.807) is 39.0 Å². The third-order valence-corrected chi connectivity index (χ3v) is 3.95. The SMILES string of the molecule is CC(C)(C)OC(=O)c1ccc(NCc2cc(Br)cc(Cl)c2O)cc1O. The topological polar surface area (TPSA) is 78.8 Å². The average Bonchev–Trinajstić information content (AvgIpc) is 2.47. The third-order valence-electron chi connectivity index (χ3n) is 3.21. The fourth-order valence-electron chi connectivity index (χ4n) is 2.10. The van der Waals surface area contributed by atoms with E-state index in [-0.39, 0.29) is 28.6 Å². The number of phenolic OH excluding ortho intramolecular Hbond substituents is 2. The van der Waals surface area contributed by atoms with E-state index < -0.39 is 11.6 Å². The number of benzene rings is 2. The molecule has 0 aliphatic heterocycles. The number of nitrogens with one attached hydrogen (secondary N) is 1. The molecule has 0 unspecified atom stereocenters. The van der Waals surface area contributed by atoms with E-state index >= 15 is 0 Å². The second-order valence-corrected chi connectivity index (χ2v) is 7.81. The molecule has 0 radical (unpaired) electrons. The van der Waals surface area contributed by atoms with Gasteiger partial charge in [0.25, 0.3) is 0 Å². The van der Waals surface area contributed by atoms with Crippen molar-refractivity contribution in [1.82, 2.24) is 0 Å². The first-order valence-corrected chi connectivity index (χ1v) is 8.71. The van der Waals surface area contributed by atoms with Crippen LogP contribution in [0.25, 0.3) is 0 Å². The van der Waals surface area contributed by atoms with Gasteiger partial charge in [-0.2, -0.15) is 0 Å². The van der Waals surface area contributed by atoms with E-state index in [0.29, 0.717) is 11.3 Å². The second kappa shape index (κ2) is 7.54. The van der Waals surface area contributed by atoms with Gasteiger partial charge in [0.05, 0.1) is 5.02 Å². The number of aromatic hydroxyl groups is 2. The molecule has 7 heteroatoms. The van der Waals surface area contributed by atoms with Crippen molar-refractivity contribution in [2.45, 2.75) is 32.9 Å². The molecule has 0 aromatic heterocycles. The van der Waals surface area contributed by atoms with Crippen molar-refractivity contribution < 1.29 is 19.7 Å². The first-order valence-electron chi connectivity index (χ1n) is 7.54. The van der Waals surface area contributed by atoms with Crippen molar-refractivity contribution in [2.24, 2.45) is 0 Å². The van der Waals surface area contributed by atoms with Gasteiger partial charge < -0.3 is 20.3 Å². The molecule has 3 N–H and O–H groups in total. The summed E-state index contributed by atoms with van der Waals surface area (Å²) in [6, 6.07) is 7.90. The zero-order chi connectivity index (χ0) is 18.8. The van der Waals surface area contributed by atoms with Gasteiger partial charge in [-0.3, -0.25) is 0 Å². The van der Waals surface area contributed by atoms with Crippen LogP contribution < -0.4 is 5.32 Å². The Bertz CT molecular complexity index is 802. The summed E-state index contributed by atoms with van der Waals surface area (Å²) in [7, 11) is 0. The predicted molar refractivity (Wildman–Crippen MR) is 101 cm³/mol. The Morgan fingerprint density at radius 2 is 1.92 bits per heavy atom. The number of anilines is 1. The summed E-state index contributed by atoms with van der Waals surface area (Å²) in [5, 5.41) is 23.4. The van der Waals surface area contributed by atoms with E-state index in [2.05, 4.69) is 21.2 Å². The molecule has 25 heavy (non-hydrogen) atoms. The lowest BCUT2D eigenvalue weighted by atomic mass is 10.1. The molecule has 0 aliphatic rings. The molecule has 0 bridgehead atoms. The molecular formula is C18H19BrClNO4. The molecule has 0 amide bonds. The van der Waals surface area contributed by atoms with Gasteiger partial charge in [-0.25, -0.2) is 4.79 Å². The van der Waals surface area contributed by atoms with Gasteiger partial charge >= 0.3 is 5.97 Å². The highest BCUT2D eigenvalue weighted by molar-refractivity contribution is 9.10. The highest BCUT2D eigenvalue weighted by atomic mass is 79.9. The second-order valence-electron chi connectivity index (χ2n) is 6.48. The molecule has 0 atom stereocenters. The van der Waals surface area contributed by atoms with Crippen molar-refractivity contribution in [2.75, 3.05) is 5.32 Å². The number of carbonyl (C=O) groups excluding carboxylic acids is 1. The lowest BCUT2D eigenvalue weighted by Crippen LogP contribution is -2.23. The van der Waals surface area contributed by atoms with Gasteiger partial charge in [0, 0.05) is 28.3 Å². The molecule has 134 valence electrons. The van der Waals surface area contributed by atoms with Crippen molar-refractivity contribution >= 4 is 39.2 Å². The van der Waals surface area contributed by atoms with E-state index in [1.165, 1.54) is 12.1 Å². The van der Waals surface area contributed by atoms with Crippen molar-refractivity contribution in [1.29, 1.82) is 0 Å². The van der Waals surface area contributed by atoms with Crippen LogP contribution in [0.15, 0.2) is 34.8 Å². The van der Waals surface area contributed by atoms with Crippen LogP contribution in [-0.2, 0) is 11.3 Å². The molecule has 0 heterocycles. The smallest absolute Gasteiger partial charge is 0.342 e. The lowest BCUT2D eigenvalue weighted by molar-refractivity contribution is 0.00669. The first kappa shape index (κ1) is 19.4. The molecule has 0 fully saturated rings. The summed E-state index contributed by atoms with van der Waals surface area (Å²) in [6.07, 6.45) is 0. The van der Waals surface area contributed by atoms with Gasteiger partial charge in [-0.1, -0.05) is 27.5 Å². The maximum Gasteiger partial charge on any atom is 0.342 e. The summed E-state index contributed by atoms with van der Waals surface area (Å²) in [5.74, 6) is -0.782. The number of ether oxygens (including phenoxy) is 1. The van der Waals surface area contributed by atoms with Gasteiger partial charge in [0.2, 0.25) is 0 Å². The largest absolute Gasteiger partial charge is 0.507 e. The highest BCUT2D eigenvalue weighted by Gasteiger charge is 2.20. The van der Waals surface area contributed by atoms with E-state index in [9.17, 15) is 15.0 Å². The summed E-state index contributed by atoms with van der Waals surface area (Å²) < 4.78 is 5.99. The van der Waals surface area contributed by atoms with Crippen LogP contribution >= 0.6 is 27.5 Å². The van der Waals surface area contributed by atoms with Crippen LogP contribution in [0.3, 0.4) is 0 Å². The number of hydrogen-bond acceptors (Lipinski definition) is 5. The van der Waals surface area contributed by atoms with E-state index in [4.69, 9.17) is 16.3 Å². The summed E-state index contributed by atoms with van der Waals surface area (Å²) >= 11 is 9.25. The van der Waals surface area contributed by atoms with E-state index in [0.717, 1.165) is 4.47 Å².